The third-order valence-electron chi connectivity index (χ3n) is 4.66. The summed E-state index contributed by atoms with van der Waals surface area (Å²) in [5.74, 6) is -0.241. The zero-order chi connectivity index (χ0) is 19.2. The molecule has 1 fully saturated rings. The van der Waals surface area contributed by atoms with Crippen LogP contribution in [0.25, 0.3) is 5.69 Å². The summed E-state index contributed by atoms with van der Waals surface area (Å²) in [4.78, 5) is 14.7. The minimum atomic E-state index is -0.241. The van der Waals surface area contributed by atoms with Gasteiger partial charge in [-0.05, 0) is 48.0 Å². The van der Waals surface area contributed by atoms with E-state index < -0.39 is 0 Å². The summed E-state index contributed by atoms with van der Waals surface area (Å²) in [6.07, 6.45) is 5.53. The molecule has 3 aromatic rings. The lowest BCUT2D eigenvalue weighted by atomic mass is 10.2. The quantitative estimate of drug-likeness (QED) is 0.552. The maximum absolute atomic E-state index is 12.4. The van der Waals surface area contributed by atoms with E-state index >= 15 is 0 Å². The number of morpholine rings is 1. The Kier molecular flexibility index (Phi) is 5.49. The van der Waals surface area contributed by atoms with Crippen molar-refractivity contribution in [2.24, 2.45) is 5.10 Å². The molecule has 4 rings (SSSR count). The number of amides is 1. The molecule has 1 N–H and O–H groups in total. The number of carbonyl (C=O) groups is 1. The monoisotopic (exact) mass is 374 g/mol. The van der Waals surface area contributed by atoms with Crippen molar-refractivity contribution in [3.05, 3.63) is 84.2 Å². The zero-order valence-corrected chi connectivity index (χ0v) is 15.5. The Labute approximate surface area is 164 Å². The Bertz CT molecular complexity index is 943. The van der Waals surface area contributed by atoms with Crippen LogP contribution in [0, 0.1) is 0 Å². The van der Waals surface area contributed by atoms with Gasteiger partial charge in [-0.1, -0.05) is 18.2 Å². The van der Waals surface area contributed by atoms with Crippen molar-refractivity contribution in [1.29, 1.82) is 0 Å². The molecule has 6 heteroatoms. The predicted molar refractivity (Wildman–Crippen MR) is 110 cm³/mol. The van der Waals surface area contributed by atoms with E-state index in [1.165, 1.54) is 5.69 Å². The van der Waals surface area contributed by atoms with Gasteiger partial charge >= 0.3 is 0 Å². The summed E-state index contributed by atoms with van der Waals surface area (Å²) in [5, 5.41) is 4.09. The van der Waals surface area contributed by atoms with Gasteiger partial charge in [0.2, 0.25) is 0 Å². The molecule has 1 saturated heterocycles. The molecule has 2 heterocycles. The first kappa shape index (κ1) is 18.0. The van der Waals surface area contributed by atoms with Crippen LogP contribution in [0.5, 0.6) is 0 Å². The van der Waals surface area contributed by atoms with Crippen molar-refractivity contribution in [1.82, 2.24) is 9.99 Å². The van der Waals surface area contributed by atoms with E-state index in [0.717, 1.165) is 37.6 Å². The number of rotatable bonds is 5. The van der Waals surface area contributed by atoms with Crippen LogP contribution in [0.15, 0.2) is 78.2 Å². The number of hydrogen-bond donors (Lipinski definition) is 1. The molecule has 0 saturated carbocycles. The third-order valence-corrected chi connectivity index (χ3v) is 4.66. The van der Waals surface area contributed by atoms with Crippen LogP contribution in [-0.4, -0.2) is 43.0 Å². The smallest absolute Gasteiger partial charge is 0.271 e. The van der Waals surface area contributed by atoms with E-state index in [0.29, 0.717) is 5.56 Å². The van der Waals surface area contributed by atoms with Crippen LogP contribution in [0.2, 0.25) is 0 Å². The van der Waals surface area contributed by atoms with Crippen molar-refractivity contribution in [3.8, 4) is 5.69 Å². The number of aromatic nitrogens is 1. The molecule has 0 radical (unpaired) electrons. The summed E-state index contributed by atoms with van der Waals surface area (Å²) < 4.78 is 7.34. The van der Waals surface area contributed by atoms with Crippen LogP contribution < -0.4 is 10.3 Å². The molecule has 2 aromatic carbocycles. The molecule has 0 unspecified atom stereocenters. The van der Waals surface area contributed by atoms with Gasteiger partial charge in [-0.2, -0.15) is 5.10 Å². The SMILES string of the molecule is O=C(N/N=C/c1ccc(N2CCOCC2)cc1)c1cccc(-n2cccc2)c1. The minimum Gasteiger partial charge on any atom is -0.378 e. The topological polar surface area (TPSA) is 58.9 Å². The fourth-order valence-corrected chi connectivity index (χ4v) is 3.14. The van der Waals surface area contributed by atoms with Gasteiger partial charge in [-0.3, -0.25) is 4.79 Å². The molecule has 0 atom stereocenters. The van der Waals surface area contributed by atoms with Gasteiger partial charge in [-0.15, -0.1) is 0 Å². The molecule has 1 amide bonds. The molecule has 1 aliphatic rings. The third kappa shape index (κ3) is 4.29. The fraction of sp³-hybridized carbons (Fsp3) is 0.182. The van der Waals surface area contributed by atoms with Crippen molar-refractivity contribution < 1.29 is 9.53 Å². The fourth-order valence-electron chi connectivity index (χ4n) is 3.14. The predicted octanol–water partition coefficient (Wildman–Crippen LogP) is 3.08. The molecular weight excluding hydrogens is 352 g/mol. The number of carbonyl (C=O) groups excluding carboxylic acids is 1. The van der Waals surface area contributed by atoms with Crippen molar-refractivity contribution in [3.63, 3.8) is 0 Å². The number of hydrogen-bond acceptors (Lipinski definition) is 4. The van der Waals surface area contributed by atoms with Crippen LogP contribution in [0.4, 0.5) is 5.69 Å². The Morgan fingerprint density at radius 1 is 0.964 bits per heavy atom. The lowest BCUT2D eigenvalue weighted by Gasteiger charge is -2.28. The van der Waals surface area contributed by atoms with Gasteiger partial charge in [0.25, 0.3) is 5.91 Å². The van der Waals surface area contributed by atoms with E-state index in [9.17, 15) is 4.79 Å². The number of hydrazone groups is 1. The van der Waals surface area contributed by atoms with Crippen LogP contribution in [0.3, 0.4) is 0 Å². The average Bonchev–Trinajstić information content (AvgIpc) is 3.30. The number of nitrogens with zero attached hydrogens (tertiary/aromatic N) is 3. The van der Waals surface area contributed by atoms with Gasteiger partial charge in [0.15, 0.2) is 0 Å². The first-order chi connectivity index (χ1) is 13.8. The van der Waals surface area contributed by atoms with Crippen LogP contribution >= 0.6 is 0 Å². The summed E-state index contributed by atoms with van der Waals surface area (Å²) in [7, 11) is 0. The number of ether oxygens (including phenoxy) is 1. The van der Waals surface area contributed by atoms with Crippen LogP contribution in [0.1, 0.15) is 15.9 Å². The maximum Gasteiger partial charge on any atom is 0.271 e. The number of benzene rings is 2. The lowest BCUT2D eigenvalue weighted by Crippen LogP contribution is -2.36. The Morgan fingerprint density at radius 3 is 2.46 bits per heavy atom. The van der Waals surface area contributed by atoms with Gasteiger partial charge in [0.1, 0.15) is 0 Å². The Morgan fingerprint density at radius 2 is 1.71 bits per heavy atom. The van der Waals surface area contributed by atoms with Gasteiger partial charge in [0.05, 0.1) is 19.4 Å². The van der Waals surface area contributed by atoms with Crippen molar-refractivity contribution in [2.45, 2.75) is 0 Å². The molecule has 0 aliphatic carbocycles. The molecule has 6 nitrogen and oxygen atoms in total. The Hall–Kier alpha value is -3.38. The molecular formula is C22H22N4O2. The highest BCUT2D eigenvalue weighted by atomic mass is 16.5. The summed E-state index contributed by atoms with van der Waals surface area (Å²) in [5.41, 5.74) is 6.19. The highest BCUT2D eigenvalue weighted by Gasteiger charge is 2.10. The highest BCUT2D eigenvalue weighted by molar-refractivity contribution is 5.95. The largest absolute Gasteiger partial charge is 0.378 e. The maximum atomic E-state index is 12.4. The number of anilines is 1. The standard InChI is InChI=1S/C22H22N4O2/c27-22(19-4-3-5-21(16-19)25-10-1-2-11-25)24-23-17-18-6-8-20(9-7-18)26-12-14-28-15-13-26/h1-11,16-17H,12-15H2,(H,24,27)/b23-17+. The second-order valence-electron chi connectivity index (χ2n) is 6.53. The van der Waals surface area contributed by atoms with Gasteiger partial charge < -0.3 is 14.2 Å². The van der Waals surface area contributed by atoms with E-state index in [1.54, 1.807) is 12.3 Å². The normalized spacial score (nSPS) is 14.4. The molecule has 142 valence electrons. The van der Waals surface area contributed by atoms with Crippen molar-refractivity contribution >= 4 is 17.8 Å². The average molecular weight is 374 g/mol. The molecule has 1 aliphatic heterocycles. The molecule has 1 aromatic heterocycles. The Balaban J connectivity index is 1.37. The van der Waals surface area contributed by atoms with Crippen molar-refractivity contribution in [2.75, 3.05) is 31.2 Å². The van der Waals surface area contributed by atoms with E-state index in [2.05, 4.69) is 27.6 Å². The van der Waals surface area contributed by atoms with E-state index in [1.807, 2.05) is 59.4 Å². The second kappa shape index (κ2) is 8.54. The summed E-state index contributed by atoms with van der Waals surface area (Å²) >= 11 is 0. The second-order valence-corrected chi connectivity index (χ2v) is 6.53. The first-order valence-corrected chi connectivity index (χ1v) is 9.29. The molecule has 28 heavy (non-hydrogen) atoms. The molecule has 0 spiro atoms. The van der Waals surface area contributed by atoms with E-state index in [4.69, 9.17) is 4.74 Å². The van der Waals surface area contributed by atoms with Gasteiger partial charge in [0, 0.05) is 42.4 Å². The number of nitrogens with one attached hydrogen (secondary N) is 1. The molecule has 0 bridgehead atoms. The summed E-state index contributed by atoms with van der Waals surface area (Å²) in [6.45, 7) is 3.35. The van der Waals surface area contributed by atoms with E-state index in [-0.39, 0.29) is 5.91 Å². The van der Waals surface area contributed by atoms with Crippen LogP contribution in [-0.2, 0) is 4.74 Å². The zero-order valence-electron chi connectivity index (χ0n) is 15.5. The van der Waals surface area contributed by atoms with Gasteiger partial charge in [-0.25, -0.2) is 5.43 Å². The highest BCUT2D eigenvalue weighted by Crippen LogP contribution is 2.16. The lowest BCUT2D eigenvalue weighted by molar-refractivity contribution is 0.0955. The minimum absolute atomic E-state index is 0.241. The summed E-state index contributed by atoms with van der Waals surface area (Å²) in [6, 6.07) is 19.4. The first-order valence-electron chi connectivity index (χ1n) is 9.29.